The molecule has 0 spiro atoms. The molecule has 0 aliphatic carbocycles. The maximum atomic E-state index is 12.1. The zero-order valence-corrected chi connectivity index (χ0v) is 20.7. The van der Waals surface area contributed by atoms with E-state index in [4.69, 9.17) is 4.74 Å². The lowest BCUT2D eigenvalue weighted by molar-refractivity contribution is -0.111. The predicted molar refractivity (Wildman–Crippen MR) is 141 cm³/mol. The van der Waals surface area contributed by atoms with Crippen molar-refractivity contribution in [1.29, 1.82) is 0 Å². The molecule has 4 rings (SSSR count). The van der Waals surface area contributed by atoms with Gasteiger partial charge in [-0.25, -0.2) is 14.5 Å². The number of carbonyl (C=O) groups is 1. The zero-order chi connectivity index (χ0) is 24.8. The number of methoxy groups -OCH3 is 1. The maximum Gasteiger partial charge on any atom is 0.247 e. The van der Waals surface area contributed by atoms with Crippen molar-refractivity contribution in [2.24, 2.45) is 0 Å². The molecule has 3 heterocycles. The Morgan fingerprint density at radius 2 is 2.11 bits per heavy atom. The van der Waals surface area contributed by atoms with Crippen LogP contribution in [0.2, 0.25) is 0 Å². The molecule has 4 aromatic rings. The van der Waals surface area contributed by atoms with E-state index in [0.29, 0.717) is 23.1 Å². The minimum absolute atomic E-state index is 0.290. The highest BCUT2D eigenvalue weighted by atomic mass is 32.2. The van der Waals surface area contributed by atoms with Crippen molar-refractivity contribution in [2.75, 3.05) is 44.1 Å². The Balaban J connectivity index is 1.66. The van der Waals surface area contributed by atoms with Gasteiger partial charge in [0.2, 0.25) is 11.9 Å². The molecule has 3 aromatic heterocycles. The highest BCUT2D eigenvalue weighted by Gasteiger charge is 2.15. The third-order valence-electron chi connectivity index (χ3n) is 5.15. The van der Waals surface area contributed by atoms with Crippen LogP contribution in [0.4, 0.5) is 17.3 Å². The van der Waals surface area contributed by atoms with Crippen LogP contribution in [-0.4, -0.2) is 63.9 Å². The number of aromatic nitrogens is 4. The molecule has 0 saturated heterocycles. The van der Waals surface area contributed by atoms with Gasteiger partial charge in [0.05, 0.1) is 35.9 Å². The van der Waals surface area contributed by atoms with Gasteiger partial charge in [-0.2, -0.15) is 5.10 Å². The summed E-state index contributed by atoms with van der Waals surface area (Å²) in [5.41, 5.74) is 3.86. The summed E-state index contributed by atoms with van der Waals surface area (Å²) in [5.74, 6) is 1.57. The van der Waals surface area contributed by atoms with Crippen molar-refractivity contribution in [1.82, 2.24) is 24.5 Å². The van der Waals surface area contributed by atoms with E-state index in [2.05, 4.69) is 37.2 Å². The summed E-state index contributed by atoms with van der Waals surface area (Å²) in [6, 6.07) is 11.4. The van der Waals surface area contributed by atoms with Crippen LogP contribution in [0.5, 0.6) is 5.75 Å². The Morgan fingerprint density at radius 3 is 2.89 bits per heavy atom. The van der Waals surface area contributed by atoms with Gasteiger partial charge in [0.1, 0.15) is 5.75 Å². The SMILES string of the molecule is C=CC(=O)Nc1cc(Nc2nccc(-c3cnn4ccccc34)n2)c(OC)cc1SCCN(C)C. The van der Waals surface area contributed by atoms with Gasteiger partial charge in [-0.1, -0.05) is 12.6 Å². The van der Waals surface area contributed by atoms with E-state index in [1.54, 1.807) is 35.8 Å². The second kappa shape index (κ2) is 11.0. The molecule has 35 heavy (non-hydrogen) atoms. The Hall–Kier alpha value is -3.89. The van der Waals surface area contributed by atoms with Gasteiger partial charge in [0.15, 0.2) is 0 Å². The normalized spacial score (nSPS) is 11.0. The fraction of sp³-hybridized carbons (Fsp3) is 0.200. The quantitative estimate of drug-likeness (QED) is 0.251. The Labute approximate surface area is 208 Å². The Morgan fingerprint density at radius 1 is 1.26 bits per heavy atom. The third kappa shape index (κ3) is 5.79. The summed E-state index contributed by atoms with van der Waals surface area (Å²) in [6.45, 7) is 4.45. The predicted octanol–water partition coefficient (Wildman–Crippen LogP) is 4.32. The summed E-state index contributed by atoms with van der Waals surface area (Å²) in [6.07, 6.45) is 6.61. The summed E-state index contributed by atoms with van der Waals surface area (Å²) < 4.78 is 7.44. The van der Waals surface area contributed by atoms with Gasteiger partial charge < -0.3 is 20.3 Å². The summed E-state index contributed by atoms with van der Waals surface area (Å²) >= 11 is 1.64. The second-order valence-corrected chi connectivity index (χ2v) is 9.01. The number of fused-ring (bicyclic) bond motifs is 1. The molecule has 0 aliphatic rings. The number of rotatable bonds is 10. The molecule has 2 N–H and O–H groups in total. The molecule has 0 radical (unpaired) electrons. The van der Waals surface area contributed by atoms with Gasteiger partial charge in [-0.15, -0.1) is 11.8 Å². The lowest BCUT2D eigenvalue weighted by atomic mass is 10.2. The fourth-order valence-corrected chi connectivity index (χ4v) is 4.52. The number of anilines is 3. The molecular weight excluding hydrogens is 462 g/mol. The van der Waals surface area contributed by atoms with Crippen LogP contribution in [0.3, 0.4) is 0 Å². The monoisotopic (exact) mass is 489 g/mol. The Kier molecular flexibility index (Phi) is 7.64. The highest BCUT2D eigenvalue weighted by Crippen LogP contribution is 2.38. The minimum atomic E-state index is -0.290. The maximum absolute atomic E-state index is 12.1. The van der Waals surface area contributed by atoms with Gasteiger partial charge >= 0.3 is 0 Å². The molecule has 0 atom stereocenters. The van der Waals surface area contributed by atoms with Crippen molar-refractivity contribution in [2.45, 2.75) is 4.90 Å². The first-order chi connectivity index (χ1) is 17.0. The minimum Gasteiger partial charge on any atom is -0.495 e. The van der Waals surface area contributed by atoms with E-state index < -0.39 is 0 Å². The fourth-order valence-electron chi connectivity index (χ4n) is 3.39. The number of hydrogen-bond donors (Lipinski definition) is 2. The highest BCUT2D eigenvalue weighted by molar-refractivity contribution is 7.99. The average molecular weight is 490 g/mol. The van der Waals surface area contributed by atoms with Crippen LogP contribution in [0.25, 0.3) is 16.8 Å². The first kappa shape index (κ1) is 24.2. The molecular formula is C25H27N7O2S. The summed E-state index contributed by atoms with van der Waals surface area (Å²) in [7, 11) is 5.65. The molecule has 0 unspecified atom stereocenters. The van der Waals surface area contributed by atoms with Crippen molar-refractivity contribution < 1.29 is 9.53 Å². The molecule has 0 saturated carbocycles. The van der Waals surface area contributed by atoms with Crippen LogP contribution in [-0.2, 0) is 4.79 Å². The molecule has 1 aromatic carbocycles. The molecule has 0 fully saturated rings. The first-order valence-corrected chi connectivity index (χ1v) is 11.9. The van der Waals surface area contributed by atoms with Gasteiger partial charge in [0, 0.05) is 35.2 Å². The van der Waals surface area contributed by atoms with Crippen LogP contribution in [0.1, 0.15) is 0 Å². The van der Waals surface area contributed by atoms with Crippen molar-refractivity contribution in [3.05, 3.63) is 67.6 Å². The molecule has 1 amide bonds. The lowest BCUT2D eigenvalue weighted by Crippen LogP contribution is -2.15. The van der Waals surface area contributed by atoms with E-state index in [9.17, 15) is 4.79 Å². The molecule has 9 nitrogen and oxygen atoms in total. The number of hydrogen-bond acceptors (Lipinski definition) is 8. The molecule has 0 bridgehead atoms. The zero-order valence-electron chi connectivity index (χ0n) is 19.9. The third-order valence-corrected chi connectivity index (χ3v) is 6.18. The van der Waals surface area contributed by atoms with E-state index in [1.807, 2.05) is 56.7 Å². The number of ether oxygens (including phenoxy) is 1. The molecule has 0 aliphatic heterocycles. The van der Waals surface area contributed by atoms with Crippen LogP contribution >= 0.6 is 11.8 Å². The largest absolute Gasteiger partial charge is 0.495 e. The Bertz CT molecular complexity index is 1350. The van der Waals surface area contributed by atoms with Gasteiger partial charge in [-0.05, 0) is 50.5 Å². The number of nitrogens with zero attached hydrogens (tertiary/aromatic N) is 5. The van der Waals surface area contributed by atoms with E-state index in [1.165, 1.54) is 6.08 Å². The first-order valence-electron chi connectivity index (χ1n) is 10.9. The number of amides is 1. The molecule has 180 valence electrons. The average Bonchev–Trinajstić information content (AvgIpc) is 3.29. The van der Waals surface area contributed by atoms with Crippen LogP contribution < -0.4 is 15.4 Å². The van der Waals surface area contributed by atoms with Crippen LogP contribution in [0, 0.1) is 0 Å². The number of carbonyl (C=O) groups excluding carboxylic acids is 1. The van der Waals surface area contributed by atoms with Crippen molar-refractivity contribution in [3.63, 3.8) is 0 Å². The van der Waals surface area contributed by atoms with E-state index in [0.717, 1.165) is 34.0 Å². The van der Waals surface area contributed by atoms with Crippen LogP contribution in [0.15, 0.2) is 72.5 Å². The lowest BCUT2D eigenvalue weighted by Gasteiger charge is -2.17. The summed E-state index contributed by atoms with van der Waals surface area (Å²) in [5, 5.41) is 10.5. The van der Waals surface area contributed by atoms with Gasteiger partial charge in [0.25, 0.3) is 0 Å². The van der Waals surface area contributed by atoms with Gasteiger partial charge in [-0.3, -0.25) is 4.79 Å². The van der Waals surface area contributed by atoms with Crippen molar-refractivity contribution in [3.8, 4) is 17.0 Å². The summed E-state index contributed by atoms with van der Waals surface area (Å²) in [4.78, 5) is 24.2. The van der Waals surface area contributed by atoms with E-state index in [-0.39, 0.29) is 5.91 Å². The van der Waals surface area contributed by atoms with Crippen molar-refractivity contribution >= 4 is 40.5 Å². The number of nitrogens with one attached hydrogen (secondary N) is 2. The smallest absolute Gasteiger partial charge is 0.247 e. The molecule has 10 heteroatoms. The van der Waals surface area contributed by atoms with E-state index >= 15 is 0 Å². The number of benzene rings is 1. The topological polar surface area (TPSA) is 96.7 Å². The second-order valence-electron chi connectivity index (χ2n) is 7.87. The number of thioether (sulfide) groups is 1. The standard InChI is InChI=1S/C25H27N7O2S/c1-5-24(33)28-20-14-19(22(34-4)15-23(20)35-13-12-31(2)3)30-25-26-10-9-18(29-25)17-16-27-32-11-7-6-8-21(17)32/h5-11,14-16H,1,12-13H2,2-4H3,(H,28,33)(H,26,29,30). The number of pyridine rings is 1.